The summed E-state index contributed by atoms with van der Waals surface area (Å²) in [4.78, 5) is 14.3. The number of anilines is 1. The lowest BCUT2D eigenvalue weighted by molar-refractivity contribution is 0.192. The molecule has 1 aromatic carbocycles. The van der Waals surface area contributed by atoms with Crippen LogP contribution in [0.2, 0.25) is 10.0 Å². The van der Waals surface area contributed by atoms with Crippen molar-refractivity contribution in [1.82, 2.24) is 4.90 Å². The number of fused-ring (bicyclic) bond motifs is 2. The predicted molar refractivity (Wildman–Crippen MR) is 77.9 cm³/mol. The fourth-order valence-electron chi connectivity index (χ4n) is 2.80. The van der Waals surface area contributed by atoms with Gasteiger partial charge in [-0.2, -0.15) is 0 Å². The minimum absolute atomic E-state index is 0.0600. The zero-order valence-electron chi connectivity index (χ0n) is 10.3. The van der Waals surface area contributed by atoms with Crippen molar-refractivity contribution in [2.75, 3.05) is 5.32 Å². The Morgan fingerprint density at radius 2 is 2.11 bits per heavy atom. The standard InChI is InChI=1S/C14H14Cl2N2O/c15-12-7-4-9(8-13(12)16)17-14(19)18-10-2-1-3-11(18)6-5-10/h1-2,4,7-8,10-11H,3,5-6H2,(H,17,19). The summed E-state index contributed by atoms with van der Waals surface area (Å²) in [7, 11) is 0. The van der Waals surface area contributed by atoms with Crippen LogP contribution in [0.3, 0.4) is 0 Å². The molecule has 0 radical (unpaired) electrons. The van der Waals surface area contributed by atoms with Gasteiger partial charge < -0.3 is 10.2 Å². The summed E-state index contributed by atoms with van der Waals surface area (Å²) in [6, 6.07) is 5.62. The third-order valence-corrected chi connectivity index (χ3v) is 4.46. The lowest BCUT2D eigenvalue weighted by Gasteiger charge is -2.31. The third kappa shape index (κ3) is 2.45. The number of carbonyl (C=O) groups is 1. The maximum absolute atomic E-state index is 12.3. The molecule has 3 nitrogen and oxygen atoms in total. The SMILES string of the molecule is O=C(Nc1ccc(Cl)c(Cl)c1)N1C2C=CCC1CC2. The number of carbonyl (C=O) groups excluding carboxylic acids is 1. The molecule has 1 aromatic rings. The van der Waals surface area contributed by atoms with Crippen molar-refractivity contribution >= 4 is 34.9 Å². The van der Waals surface area contributed by atoms with Gasteiger partial charge in [-0.05, 0) is 37.5 Å². The van der Waals surface area contributed by atoms with Crippen LogP contribution < -0.4 is 5.32 Å². The van der Waals surface area contributed by atoms with Gasteiger partial charge in [0.2, 0.25) is 0 Å². The highest BCUT2D eigenvalue weighted by Crippen LogP contribution is 2.32. The molecule has 2 amide bonds. The quantitative estimate of drug-likeness (QED) is 0.769. The van der Waals surface area contributed by atoms with Crippen LogP contribution in [-0.2, 0) is 0 Å². The number of hydrogen-bond donors (Lipinski definition) is 1. The number of nitrogens with one attached hydrogen (secondary N) is 1. The van der Waals surface area contributed by atoms with Crippen molar-refractivity contribution < 1.29 is 4.79 Å². The van der Waals surface area contributed by atoms with Gasteiger partial charge in [-0.25, -0.2) is 4.79 Å². The summed E-state index contributed by atoms with van der Waals surface area (Å²) in [6.45, 7) is 0. The average Bonchev–Trinajstić information content (AvgIpc) is 2.64. The van der Waals surface area contributed by atoms with E-state index >= 15 is 0 Å². The van der Waals surface area contributed by atoms with Crippen LogP contribution in [0.1, 0.15) is 19.3 Å². The second kappa shape index (κ2) is 5.06. The minimum atomic E-state index is -0.0600. The van der Waals surface area contributed by atoms with Gasteiger partial charge in [0, 0.05) is 11.7 Å². The van der Waals surface area contributed by atoms with Gasteiger partial charge in [-0.15, -0.1) is 0 Å². The van der Waals surface area contributed by atoms with E-state index in [0.29, 0.717) is 21.8 Å². The third-order valence-electron chi connectivity index (χ3n) is 3.72. The van der Waals surface area contributed by atoms with E-state index < -0.39 is 0 Å². The Balaban J connectivity index is 1.75. The molecule has 1 saturated heterocycles. The van der Waals surface area contributed by atoms with Crippen LogP contribution in [0.4, 0.5) is 10.5 Å². The van der Waals surface area contributed by atoms with E-state index in [2.05, 4.69) is 17.5 Å². The molecular weight excluding hydrogens is 283 g/mol. The van der Waals surface area contributed by atoms with Gasteiger partial charge >= 0.3 is 6.03 Å². The number of amides is 2. The monoisotopic (exact) mass is 296 g/mol. The van der Waals surface area contributed by atoms with Crippen molar-refractivity contribution in [3.8, 4) is 0 Å². The van der Waals surface area contributed by atoms with Gasteiger partial charge in [0.1, 0.15) is 0 Å². The van der Waals surface area contributed by atoms with E-state index in [9.17, 15) is 4.79 Å². The van der Waals surface area contributed by atoms with Gasteiger partial charge in [0.15, 0.2) is 0 Å². The Labute approximate surface area is 122 Å². The number of benzene rings is 1. The highest BCUT2D eigenvalue weighted by molar-refractivity contribution is 6.42. The molecule has 1 fully saturated rings. The number of halogens is 2. The smallest absolute Gasteiger partial charge is 0.315 e. The van der Waals surface area contributed by atoms with Gasteiger partial charge in [-0.1, -0.05) is 35.4 Å². The zero-order valence-corrected chi connectivity index (χ0v) is 11.8. The van der Waals surface area contributed by atoms with Crippen LogP contribution in [-0.4, -0.2) is 23.0 Å². The van der Waals surface area contributed by atoms with E-state index in [0.717, 1.165) is 19.3 Å². The molecule has 19 heavy (non-hydrogen) atoms. The van der Waals surface area contributed by atoms with Crippen molar-refractivity contribution in [2.24, 2.45) is 0 Å². The van der Waals surface area contributed by atoms with Crippen LogP contribution in [0.5, 0.6) is 0 Å². The van der Waals surface area contributed by atoms with Gasteiger partial charge in [0.25, 0.3) is 0 Å². The molecule has 1 N–H and O–H groups in total. The summed E-state index contributed by atoms with van der Waals surface area (Å²) in [5.41, 5.74) is 0.674. The van der Waals surface area contributed by atoms with E-state index in [4.69, 9.17) is 23.2 Å². The molecule has 5 heteroatoms. The first-order chi connectivity index (χ1) is 9.15. The molecule has 0 aliphatic carbocycles. The summed E-state index contributed by atoms with van der Waals surface area (Å²) < 4.78 is 0. The highest BCUT2D eigenvalue weighted by Gasteiger charge is 2.37. The summed E-state index contributed by atoms with van der Waals surface area (Å²) in [6.07, 6.45) is 7.37. The van der Waals surface area contributed by atoms with Crippen molar-refractivity contribution in [3.63, 3.8) is 0 Å². The molecule has 2 bridgehead atoms. The fraction of sp³-hybridized carbons (Fsp3) is 0.357. The average molecular weight is 297 g/mol. The van der Waals surface area contributed by atoms with Crippen LogP contribution in [0.25, 0.3) is 0 Å². The minimum Gasteiger partial charge on any atom is -0.315 e. The number of nitrogens with zero attached hydrogens (tertiary/aromatic N) is 1. The first-order valence-electron chi connectivity index (χ1n) is 6.36. The fourth-order valence-corrected chi connectivity index (χ4v) is 3.10. The summed E-state index contributed by atoms with van der Waals surface area (Å²) in [5.74, 6) is 0. The van der Waals surface area contributed by atoms with Crippen LogP contribution >= 0.6 is 23.2 Å². The Bertz CT molecular complexity index is 544. The molecule has 2 atom stereocenters. The molecule has 2 unspecified atom stereocenters. The number of hydrogen-bond acceptors (Lipinski definition) is 1. The summed E-state index contributed by atoms with van der Waals surface area (Å²) in [5, 5.41) is 3.82. The Morgan fingerprint density at radius 1 is 1.26 bits per heavy atom. The molecule has 0 aromatic heterocycles. The van der Waals surface area contributed by atoms with Crippen molar-refractivity contribution in [2.45, 2.75) is 31.3 Å². The van der Waals surface area contributed by atoms with Gasteiger partial charge in [0.05, 0.1) is 16.1 Å². The van der Waals surface area contributed by atoms with E-state index in [1.165, 1.54) is 0 Å². The largest absolute Gasteiger partial charge is 0.322 e. The van der Waals surface area contributed by atoms with E-state index in [1.54, 1.807) is 18.2 Å². The lowest BCUT2D eigenvalue weighted by Crippen LogP contribution is -2.44. The normalized spacial score (nSPS) is 24.6. The topological polar surface area (TPSA) is 32.3 Å². The Morgan fingerprint density at radius 3 is 2.84 bits per heavy atom. The maximum Gasteiger partial charge on any atom is 0.322 e. The molecule has 2 aliphatic rings. The molecule has 0 spiro atoms. The molecule has 100 valence electrons. The van der Waals surface area contributed by atoms with Crippen LogP contribution in [0.15, 0.2) is 30.4 Å². The molecule has 0 saturated carbocycles. The second-order valence-corrected chi connectivity index (χ2v) is 5.74. The maximum atomic E-state index is 12.3. The summed E-state index contributed by atoms with van der Waals surface area (Å²) >= 11 is 11.8. The molecular formula is C14H14Cl2N2O. The molecule has 2 aliphatic heterocycles. The van der Waals surface area contributed by atoms with Gasteiger partial charge in [-0.3, -0.25) is 0 Å². The highest BCUT2D eigenvalue weighted by atomic mass is 35.5. The van der Waals surface area contributed by atoms with E-state index in [-0.39, 0.29) is 12.1 Å². The lowest BCUT2D eigenvalue weighted by atomic mass is 10.1. The predicted octanol–water partition coefficient (Wildman–Crippen LogP) is 4.32. The van der Waals surface area contributed by atoms with Crippen LogP contribution in [0, 0.1) is 0 Å². The van der Waals surface area contributed by atoms with E-state index in [1.807, 2.05) is 4.90 Å². The molecule has 2 heterocycles. The second-order valence-electron chi connectivity index (χ2n) is 4.93. The first-order valence-corrected chi connectivity index (χ1v) is 7.12. The van der Waals surface area contributed by atoms with Crippen molar-refractivity contribution in [1.29, 1.82) is 0 Å². The first kappa shape index (κ1) is 12.8. The number of rotatable bonds is 1. The van der Waals surface area contributed by atoms with Crippen molar-refractivity contribution in [3.05, 3.63) is 40.4 Å². The molecule has 3 rings (SSSR count). The Hall–Kier alpha value is -1.19. The Kier molecular flexibility index (Phi) is 3.42. The zero-order chi connectivity index (χ0) is 13.4. The number of urea groups is 1.